The van der Waals surface area contributed by atoms with Gasteiger partial charge in [-0.2, -0.15) is 0 Å². The van der Waals surface area contributed by atoms with Crippen LogP contribution in [0.2, 0.25) is 4.34 Å². The molecule has 0 aromatic carbocycles. The van der Waals surface area contributed by atoms with E-state index in [2.05, 4.69) is 28.2 Å². The van der Waals surface area contributed by atoms with Crippen LogP contribution in [0.3, 0.4) is 0 Å². The standard InChI is InChI=1S/C16H22ClN3S2/c1-2-3-16-18-13(12-21-16)10-19-6-8-20(9-7-19)11-14-4-5-15(17)22-14/h4-5,12H,2-3,6-11H2,1H3. The van der Waals surface area contributed by atoms with E-state index in [9.17, 15) is 0 Å². The van der Waals surface area contributed by atoms with Gasteiger partial charge in [-0.3, -0.25) is 9.80 Å². The second-order valence-corrected chi connectivity index (χ2v) is 8.48. The fourth-order valence-electron chi connectivity index (χ4n) is 2.74. The largest absolute Gasteiger partial charge is 0.296 e. The Labute approximate surface area is 145 Å². The van der Waals surface area contributed by atoms with Crippen LogP contribution in [0.5, 0.6) is 0 Å². The van der Waals surface area contributed by atoms with E-state index < -0.39 is 0 Å². The zero-order chi connectivity index (χ0) is 15.4. The highest BCUT2D eigenvalue weighted by Gasteiger charge is 2.18. The molecule has 1 fully saturated rings. The van der Waals surface area contributed by atoms with Crippen LogP contribution in [-0.4, -0.2) is 41.0 Å². The van der Waals surface area contributed by atoms with Gasteiger partial charge in [-0.05, 0) is 25.0 Å². The van der Waals surface area contributed by atoms with Crippen LogP contribution in [0.15, 0.2) is 17.5 Å². The summed E-state index contributed by atoms with van der Waals surface area (Å²) in [6, 6.07) is 4.14. The molecule has 0 amide bonds. The third kappa shape index (κ3) is 4.52. The summed E-state index contributed by atoms with van der Waals surface area (Å²) in [7, 11) is 0. The first kappa shape index (κ1) is 16.4. The second-order valence-electron chi connectivity index (χ2n) is 5.74. The topological polar surface area (TPSA) is 19.4 Å². The Morgan fingerprint density at radius 2 is 1.86 bits per heavy atom. The lowest BCUT2D eigenvalue weighted by atomic mass is 10.3. The molecule has 3 heterocycles. The summed E-state index contributed by atoms with van der Waals surface area (Å²) in [6.45, 7) is 8.74. The summed E-state index contributed by atoms with van der Waals surface area (Å²) in [5, 5.41) is 3.51. The fraction of sp³-hybridized carbons (Fsp3) is 0.562. The molecule has 2 aromatic rings. The van der Waals surface area contributed by atoms with Crippen LogP contribution in [-0.2, 0) is 19.5 Å². The Hall–Kier alpha value is -0.460. The van der Waals surface area contributed by atoms with E-state index in [1.807, 2.05) is 17.4 Å². The van der Waals surface area contributed by atoms with Gasteiger partial charge >= 0.3 is 0 Å². The Kier molecular flexibility index (Phi) is 5.88. The van der Waals surface area contributed by atoms with Gasteiger partial charge in [0.05, 0.1) is 15.0 Å². The quantitative estimate of drug-likeness (QED) is 0.776. The fourth-order valence-corrected chi connectivity index (χ4v) is 4.76. The average Bonchev–Trinajstić information content (AvgIpc) is 3.11. The van der Waals surface area contributed by atoms with Crippen molar-refractivity contribution < 1.29 is 0 Å². The van der Waals surface area contributed by atoms with E-state index in [4.69, 9.17) is 16.6 Å². The van der Waals surface area contributed by atoms with Crippen LogP contribution in [0.25, 0.3) is 0 Å². The van der Waals surface area contributed by atoms with Gasteiger partial charge in [0.1, 0.15) is 0 Å². The maximum atomic E-state index is 6.00. The summed E-state index contributed by atoms with van der Waals surface area (Å²) in [5.74, 6) is 0. The Bertz CT molecular complexity index is 588. The monoisotopic (exact) mass is 355 g/mol. The number of halogens is 1. The number of aromatic nitrogens is 1. The molecule has 1 aliphatic heterocycles. The van der Waals surface area contributed by atoms with E-state index in [1.54, 1.807) is 11.3 Å². The SMILES string of the molecule is CCCc1nc(CN2CCN(Cc3ccc(Cl)s3)CC2)cs1. The molecule has 0 unspecified atom stereocenters. The molecule has 1 aliphatic rings. The summed E-state index contributed by atoms with van der Waals surface area (Å²) in [6.07, 6.45) is 2.29. The zero-order valence-electron chi connectivity index (χ0n) is 12.9. The van der Waals surface area contributed by atoms with Gasteiger partial charge in [0.15, 0.2) is 0 Å². The normalized spacial score (nSPS) is 17.2. The van der Waals surface area contributed by atoms with Gasteiger partial charge in [-0.15, -0.1) is 22.7 Å². The molecule has 0 radical (unpaired) electrons. The molecule has 0 bridgehead atoms. The molecule has 0 spiro atoms. The van der Waals surface area contributed by atoms with E-state index in [-0.39, 0.29) is 0 Å². The van der Waals surface area contributed by atoms with Gasteiger partial charge in [0.25, 0.3) is 0 Å². The Morgan fingerprint density at radius 3 is 2.50 bits per heavy atom. The highest BCUT2D eigenvalue weighted by atomic mass is 35.5. The number of thiazole rings is 1. The van der Waals surface area contributed by atoms with Gasteiger partial charge in [0, 0.05) is 49.5 Å². The first-order valence-electron chi connectivity index (χ1n) is 7.85. The first-order valence-corrected chi connectivity index (χ1v) is 9.92. The van der Waals surface area contributed by atoms with Crippen molar-refractivity contribution in [2.24, 2.45) is 0 Å². The lowest BCUT2D eigenvalue weighted by Gasteiger charge is -2.34. The number of rotatable bonds is 6. The Morgan fingerprint density at radius 1 is 1.14 bits per heavy atom. The minimum atomic E-state index is 0.889. The van der Waals surface area contributed by atoms with Gasteiger partial charge < -0.3 is 0 Å². The Balaban J connectivity index is 1.44. The number of aryl methyl sites for hydroxylation is 1. The molecule has 2 aromatic heterocycles. The number of piperazine rings is 1. The van der Waals surface area contributed by atoms with Crippen molar-refractivity contribution in [1.29, 1.82) is 0 Å². The lowest BCUT2D eigenvalue weighted by Crippen LogP contribution is -2.45. The van der Waals surface area contributed by atoms with Crippen molar-refractivity contribution in [2.45, 2.75) is 32.9 Å². The van der Waals surface area contributed by atoms with Crippen molar-refractivity contribution in [1.82, 2.24) is 14.8 Å². The molecule has 6 heteroatoms. The highest BCUT2D eigenvalue weighted by Crippen LogP contribution is 2.23. The van der Waals surface area contributed by atoms with Crippen LogP contribution in [0.4, 0.5) is 0 Å². The first-order chi connectivity index (χ1) is 10.7. The molecule has 22 heavy (non-hydrogen) atoms. The van der Waals surface area contributed by atoms with Crippen molar-refractivity contribution in [3.05, 3.63) is 37.4 Å². The van der Waals surface area contributed by atoms with Crippen LogP contribution < -0.4 is 0 Å². The van der Waals surface area contributed by atoms with E-state index in [0.717, 1.165) is 50.0 Å². The average molecular weight is 356 g/mol. The van der Waals surface area contributed by atoms with E-state index in [1.165, 1.54) is 22.0 Å². The van der Waals surface area contributed by atoms with E-state index >= 15 is 0 Å². The smallest absolute Gasteiger partial charge is 0.0931 e. The molecule has 0 N–H and O–H groups in total. The predicted molar refractivity (Wildman–Crippen MR) is 96.0 cm³/mol. The minimum absolute atomic E-state index is 0.889. The molecule has 0 aliphatic carbocycles. The third-order valence-electron chi connectivity index (χ3n) is 3.92. The second kappa shape index (κ2) is 7.88. The van der Waals surface area contributed by atoms with Crippen LogP contribution in [0.1, 0.15) is 28.9 Å². The van der Waals surface area contributed by atoms with Gasteiger partial charge in [-0.25, -0.2) is 4.98 Å². The third-order valence-corrected chi connectivity index (χ3v) is 6.10. The number of hydrogen-bond donors (Lipinski definition) is 0. The lowest BCUT2D eigenvalue weighted by molar-refractivity contribution is 0.122. The summed E-state index contributed by atoms with van der Waals surface area (Å²) in [4.78, 5) is 11.1. The molecule has 0 saturated carbocycles. The molecule has 1 saturated heterocycles. The number of thiophene rings is 1. The van der Waals surface area contributed by atoms with Crippen LogP contribution >= 0.6 is 34.3 Å². The molecule has 3 nitrogen and oxygen atoms in total. The van der Waals surface area contributed by atoms with Crippen LogP contribution in [0, 0.1) is 0 Å². The van der Waals surface area contributed by atoms with Crippen molar-refractivity contribution >= 4 is 34.3 Å². The summed E-state index contributed by atoms with van der Waals surface area (Å²) in [5.41, 5.74) is 1.24. The number of hydrogen-bond acceptors (Lipinski definition) is 5. The minimum Gasteiger partial charge on any atom is -0.296 e. The molecule has 120 valence electrons. The molecular weight excluding hydrogens is 334 g/mol. The van der Waals surface area contributed by atoms with Gasteiger partial charge in [-0.1, -0.05) is 18.5 Å². The molecule has 3 rings (SSSR count). The highest BCUT2D eigenvalue weighted by molar-refractivity contribution is 7.16. The van der Waals surface area contributed by atoms with Crippen molar-refractivity contribution in [3.8, 4) is 0 Å². The zero-order valence-corrected chi connectivity index (χ0v) is 15.3. The molecule has 0 atom stereocenters. The van der Waals surface area contributed by atoms with E-state index in [0.29, 0.717) is 0 Å². The predicted octanol–water partition coefficient (Wildman–Crippen LogP) is 4.13. The number of nitrogens with zero attached hydrogens (tertiary/aromatic N) is 3. The van der Waals surface area contributed by atoms with Crippen molar-refractivity contribution in [3.63, 3.8) is 0 Å². The maximum absolute atomic E-state index is 6.00. The summed E-state index contributed by atoms with van der Waals surface area (Å²) < 4.78 is 0.889. The maximum Gasteiger partial charge on any atom is 0.0931 e. The summed E-state index contributed by atoms with van der Waals surface area (Å²) >= 11 is 9.50. The van der Waals surface area contributed by atoms with Gasteiger partial charge in [0.2, 0.25) is 0 Å². The van der Waals surface area contributed by atoms with Crippen molar-refractivity contribution in [2.75, 3.05) is 26.2 Å². The molecular formula is C16H22ClN3S2.